The summed E-state index contributed by atoms with van der Waals surface area (Å²) >= 11 is 4.26. The zero-order valence-electron chi connectivity index (χ0n) is 19.2. The molecule has 0 spiro atoms. The van der Waals surface area contributed by atoms with Gasteiger partial charge in [-0.2, -0.15) is 0 Å². The summed E-state index contributed by atoms with van der Waals surface area (Å²) in [7, 11) is 0. The fraction of sp³-hybridized carbons (Fsp3) is 0.154. The van der Waals surface area contributed by atoms with Gasteiger partial charge >= 0.3 is 0 Å². The maximum atomic E-state index is 12.9. The van der Waals surface area contributed by atoms with Crippen molar-refractivity contribution in [2.24, 2.45) is 0 Å². The van der Waals surface area contributed by atoms with Crippen LogP contribution in [0.1, 0.15) is 23.6 Å². The molecule has 1 fully saturated rings. The van der Waals surface area contributed by atoms with E-state index in [0.717, 1.165) is 26.7 Å². The van der Waals surface area contributed by atoms with Crippen LogP contribution in [-0.2, 0) is 17.9 Å². The number of carbonyl (C=O) groups excluding carboxylic acids is 2. The summed E-state index contributed by atoms with van der Waals surface area (Å²) < 4.78 is 12.7. The molecule has 1 aliphatic heterocycles. The second kappa shape index (κ2) is 11.4. The Morgan fingerprint density at radius 1 is 0.972 bits per heavy atom. The molecular formula is C26H21BrN2O6S. The molecule has 3 aromatic carbocycles. The minimum atomic E-state index is -0.500. The second-order valence-corrected chi connectivity index (χ2v) is 9.65. The van der Waals surface area contributed by atoms with Crippen molar-refractivity contribution in [2.75, 3.05) is 6.61 Å². The highest BCUT2D eigenvalue weighted by Crippen LogP contribution is 2.35. The van der Waals surface area contributed by atoms with E-state index in [0.29, 0.717) is 35.8 Å². The smallest absolute Gasteiger partial charge is 0.293 e. The van der Waals surface area contributed by atoms with Crippen molar-refractivity contribution in [1.82, 2.24) is 4.90 Å². The first-order chi connectivity index (χ1) is 17.3. The van der Waals surface area contributed by atoms with Crippen molar-refractivity contribution >= 4 is 50.6 Å². The van der Waals surface area contributed by atoms with Crippen LogP contribution in [0.2, 0.25) is 0 Å². The lowest BCUT2D eigenvalue weighted by Crippen LogP contribution is -2.27. The van der Waals surface area contributed by atoms with E-state index in [-0.39, 0.29) is 17.1 Å². The number of imide groups is 1. The Morgan fingerprint density at radius 3 is 2.33 bits per heavy atom. The van der Waals surface area contributed by atoms with Crippen LogP contribution in [0.4, 0.5) is 10.5 Å². The summed E-state index contributed by atoms with van der Waals surface area (Å²) in [4.78, 5) is 37.2. The molecule has 0 aliphatic carbocycles. The summed E-state index contributed by atoms with van der Waals surface area (Å²) in [6, 6.07) is 18.9. The van der Waals surface area contributed by atoms with Gasteiger partial charge in [0.25, 0.3) is 16.8 Å². The fourth-order valence-electron chi connectivity index (χ4n) is 3.44. The van der Waals surface area contributed by atoms with Crippen molar-refractivity contribution in [3.63, 3.8) is 0 Å². The van der Waals surface area contributed by atoms with E-state index in [1.807, 2.05) is 31.2 Å². The van der Waals surface area contributed by atoms with Gasteiger partial charge in [-0.15, -0.1) is 0 Å². The molecular weight excluding hydrogens is 548 g/mol. The number of nitro groups is 1. The van der Waals surface area contributed by atoms with Gasteiger partial charge in [0.05, 0.1) is 23.0 Å². The normalized spacial score (nSPS) is 14.4. The Kier molecular flexibility index (Phi) is 8.07. The average molecular weight is 569 g/mol. The lowest BCUT2D eigenvalue weighted by Gasteiger charge is -2.13. The van der Waals surface area contributed by atoms with Crippen molar-refractivity contribution in [3.05, 3.63) is 103 Å². The monoisotopic (exact) mass is 568 g/mol. The van der Waals surface area contributed by atoms with Gasteiger partial charge in [-0.25, -0.2) is 0 Å². The Balaban J connectivity index is 1.48. The third kappa shape index (κ3) is 6.13. The first-order valence-electron chi connectivity index (χ1n) is 11.0. The van der Waals surface area contributed by atoms with E-state index < -0.39 is 16.1 Å². The van der Waals surface area contributed by atoms with E-state index in [4.69, 9.17) is 9.47 Å². The van der Waals surface area contributed by atoms with E-state index in [2.05, 4.69) is 15.9 Å². The van der Waals surface area contributed by atoms with Gasteiger partial charge in [-0.1, -0.05) is 46.3 Å². The number of halogens is 1. The van der Waals surface area contributed by atoms with Gasteiger partial charge in [0.1, 0.15) is 6.61 Å². The van der Waals surface area contributed by atoms with Gasteiger partial charge in [0.15, 0.2) is 11.5 Å². The highest BCUT2D eigenvalue weighted by Gasteiger charge is 2.35. The third-order valence-corrected chi connectivity index (χ3v) is 6.67. The topological polar surface area (TPSA) is 99.0 Å². The third-order valence-electron chi connectivity index (χ3n) is 5.23. The lowest BCUT2D eigenvalue weighted by atomic mass is 10.1. The number of non-ortho nitro benzene ring substituents is 1. The molecule has 0 N–H and O–H groups in total. The standard InChI is InChI=1S/C26H21BrN2O6S/c1-2-34-23-13-19(7-12-22(23)35-16-18-3-8-20(27)9-4-18)14-24-25(30)28(26(31)36-24)15-17-5-10-21(11-6-17)29(32)33/h3-14H,2,15-16H2,1H3/b24-14-. The zero-order chi connectivity index (χ0) is 25.7. The number of benzene rings is 3. The van der Waals surface area contributed by atoms with Crippen LogP contribution < -0.4 is 9.47 Å². The highest BCUT2D eigenvalue weighted by molar-refractivity contribution is 9.10. The quantitative estimate of drug-likeness (QED) is 0.163. The number of amides is 2. The van der Waals surface area contributed by atoms with Crippen LogP contribution in [0.25, 0.3) is 6.08 Å². The van der Waals surface area contributed by atoms with Crippen molar-refractivity contribution < 1.29 is 24.0 Å². The number of nitrogens with zero attached hydrogens (tertiary/aromatic N) is 2. The van der Waals surface area contributed by atoms with Gasteiger partial charge < -0.3 is 9.47 Å². The van der Waals surface area contributed by atoms with Gasteiger partial charge in [0.2, 0.25) is 0 Å². The molecule has 4 rings (SSSR count). The molecule has 0 bridgehead atoms. The molecule has 184 valence electrons. The van der Waals surface area contributed by atoms with Crippen molar-refractivity contribution in [3.8, 4) is 11.5 Å². The molecule has 1 heterocycles. The van der Waals surface area contributed by atoms with Crippen molar-refractivity contribution in [1.29, 1.82) is 0 Å². The zero-order valence-corrected chi connectivity index (χ0v) is 21.6. The highest BCUT2D eigenvalue weighted by atomic mass is 79.9. The Labute approximate surface area is 220 Å². The average Bonchev–Trinajstić information content (AvgIpc) is 3.12. The Morgan fingerprint density at radius 2 is 1.67 bits per heavy atom. The molecule has 0 aromatic heterocycles. The molecule has 3 aromatic rings. The fourth-order valence-corrected chi connectivity index (χ4v) is 4.54. The molecule has 8 nitrogen and oxygen atoms in total. The van der Waals surface area contributed by atoms with Gasteiger partial charge in [-0.3, -0.25) is 24.6 Å². The predicted octanol–water partition coefficient (Wildman–Crippen LogP) is 6.57. The summed E-state index contributed by atoms with van der Waals surface area (Å²) in [6.45, 7) is 2.71. The number of hydrogen-bond donors (Lipinski definition) is 0. The van der Waals surface area contributed by atoms with Crippen LogP contribution in [0.5, 0.6) is 11.5 Å². The summed E-state index contributed by atoms with van der Waals surface area (Å²) in [6.07, 6.45) is 1.64. The molecule has 0 saturated carbocycles. The lowest BCUT2D eigenvalue weighted by molar-refractivity contribution is -0.384. The minimum absolute atomic E-state index is 0.0348. The first kappa shape index (κ1) is 25.5. The molecule has 0 atom stereocenters. The van der Waals surface area contributed by atoms with Crippen LogP contribution in [0.3, 0.4) is 0 Å². The van der Waals surface area contributed by atoms with E-state index >= 15 is 0 Å². The number of thioether (sulfide) groups is 1. The molecule has 36 heavy (non-hydrogen) atoms. The predicted molar refractivity (Wildman–Crippen MR) is 141 cm³/mol. The van der Waals surface area contributed by atoms with E-state index in [1.165, 1.54) is 24.3 Å². The number of hydrogen-bond acceptors (Lipinski definition) is 7. The summed E-state index contributed by atoms with van der Waals surface area (Å²) in [5.41, 5.74) is 2.26. The molecule has 2 amide bonds. The number of nitro benzene ring substituents is 1. The number of rotatable bonds is 9. The molecule has 0 unspecified atom stereocenters. The minimum Gasteiger partial charge on any atom is -0.490 e. The molecule has 10 heteroatoms. The summed E-state index contributed by atoms with van der Waals surface area (Å²) in [5.74, 6) is 0.688. The SMILES string of the molecule is CCOc1cc(/C=C2\SC(=O)N(Cc3ccc([N+](=O)[O-])cc3)C2=O)ccc1OCc1ccc(Br)cc1. The molecule has 0 radical (unpaired) electrons. The Bertz CT molecular complexity index is 1330. The van der Waals surface area contributed by atoms with Gasteiger partial charge in [-0.05, 0) is 65.7 Å². The van der Waals surface area contributed by atoms with Crippen LogP contribution in [0, 0.1) is 10.1 Å². The Hall–Kier alpha value is -3.63. The van der Waals surface area contributed by atoms with Gasteiger partial charge in [0, 0.05) is 16.6 Å². The summed E-state index contributed by atoms with van der Waals surface area (Å²) in [5, 5.41) is 10.4. The van der Waals surface area contributed by atoms with Crippen LogP contribution >= 0.6 is 27.7 Å². The maximum absolute atomic E-state index is 12.9. The van der Waals surface area contributed by atoms with Crippen molar-refractivity contribution in [2.45, 2.75) is 20.1 Å². The number of ether oxygens (including phenoxy) is 2. The molecule has 1 saturated heterocycles. The largest absolute Gasteiger partial charge is 0.490 e. The van der Waals surface area contributed by atoms with Crippen LogP contribution in [-0.4, -0.2) is 27.6 Å². The van der Waals surface area contributed by atoms with E-state index in [1.54, 1.807) is 24.3 Å². The van der Waals surface area contributed by atoms with Crippen LogP contribution in [0.15, 0.2) is 76.1 Å². The molecule has 1 aliphatic rings. The number of carbonyl (C=O) groups is 2. The maximum Gasteiger partial charge on any atom is 0.293 e. The first-order valence-corrected chi connectivity index (χ1v) is 12.6. The van der Waals surface area contributed by atoms with E-state index in [9.17, 15) is 19.7 Å². The second-order valence-electron chi connectivity index (χ2n) is 7.75.